The Morgan fingerprint density at radius 3 is 2.00 bits per heavy atom. The molecule has 0 aliphatic carbocycles. The predicted molar refractivity (Wildman–Crippen MR) is 69.2 cm³/mol. The first-order chi connectivity index (χ1) is 9.12. The van der Waals surface area contributed by atoms with Gasteiger partial charge in [-0.25, -0.2) is 0 Å². The van der Waals surface area contributed by atoms with Gasteiger partial charge in [-0.2, -0.15) is 0 Å². The summed E-state index contributed by atoms with van der Waals surface area (Å²) in [5.74, 6) is -0.333. The summed E-state index contributed by atoms with van der Waals surface area (Å²) in [6.45, 7) is -0.127. The fourth-order valence-corrected chi connectivity index (χ4v) is 1.56. The normalized spacial score (nSPS) is 9.63. The lowest BCUT2D eigenvalue weighted by atomic mass is 10.2. The van der Waals surface area contributed by atoms with Crippen LogP contribution in [-0.2, 0) is 19.1 Å². The van der Waals surface area contributed by atoms with Crippen LogP contribution in [0.15, 0.2) is 24.3 Å². The Hall–Kier alpha value is -2.24. The number of carbonyl (C=O) groups excluding carboxylic acids is 2. The third-order valence-corrected chi connectivity index (χ3v) is 2.52. The van der Waals surface area contributed by atoms with Crippen molar-refractivity contribution < 1.29 is 23.8 Å². The molecular formula is C13H17NO5. The lowest BCUT2D eigenvalue weighted by molar-refractivity contribution is -0.140. The summed E-state index contributed by atoms with van der Waals surface area (Å²) in [6.07, 6.45) is 0. The van der Waals surface area contributed by atoms with Crippen molar-refractivity contribution >= 4 is 17.6 Å². The largest absolute Gasteiger partial charge is 0.495 e. The molecule has 0 aliphatic rings. The molecule has 104 valence electrons. The van der Waals surface area contributed by atoms with Gasteiger partial charge in [0.1, 0.15) is 18.8 Å². The van der Waals surface area contributed by atoms with Gasteiger partial charge in [-0.1, -0.05) is 12.1 Å². The quantitative estimate of drug-likeness (QED) is 0.712. The van der Waals surface area contributed by atoms with E-state index in [0.717, 1.165) is 0 Å². The maximum Gasteiger partial charge on any atom is 0.325 e. The van der Waals surface area contributed by atoms with Gasteiger partial charge < -0.3 is 19.1 Å². The van der Waals surface area contributed by atoms with Crippen LogP contribution in [0.4, 0.5) is 5.69 Å². The van der Waals surface area contributed by atoms with E-state index in [1.165, 1.54) is 26.2 Å². The average molecular weight is 267 g/mol. The molecule has 1 rings (SSSR count). The van der Waals surface area contributed by atoms with Crippen molar-refractivity contribution in [3.8, 4) is 5.75 Å². The Morgan fingerprint density at radius 2 is 1.53 bits per heavy atom. The molecule has 0 N–H and O–H groups in total. The topological polar surface area (TPSA) is 65.1 Å². The number of esters is 2. The van der Waals surface area contributed by atoms with Gasteiger partial charge in [-0.3, -0.25) is 9.59 Å². The minimum absolute atomic E-state index is 0.0635. The van der Waals surface area contributed by atoms with Crippen molar-refractivity contribution in [3.63, 3.8) is 0 Å². The number of benzene rings is 1. The second-order valence-corrected chi connectivity index (χ2v) is 3.68. The maximum atomic E-state index is 11.4. The van der Waals surface area contributed by atoms with Crippen LogP contribution in [0.1, 0.15) is 0 Å². The van der Waals surface area contributed by atoms with Crippen LogP contribution in [0, 0.1) is 0 Å². The van der Waals surface area contributed by atoms with Crippen molar-refractivity contribution in [2.75, 3.05) is 39.3 Å². The van der Waals surface area contributed by atoms with Gasteiger partial charge in [0.25, 0.3) is 0 Å². The molecular weight excluding hydrogens is 250 g/mol. The summed E-state index contributed by atoms with van der Waals surface area (Å²) in [5.41, 5.74) is 0.626. The minimum atomic E-state index is -0.449. The van der Waals surface area contributed by atoms with Crippen LogP contribution >= 0.6 is 0 Å². The molecule has 0 saturated carbocycles. The van der Waals surface area contributed by atoms with E-state index in [1.807, 2.05) is 0 Å². The third kappa shape index (κ3) is 4.17. The van der Waals surface area contributed by atoms with Gasteiger partial charge in [0.05, 0.1) is 27.0 Å². The molecule has 0 radical (unpaired) electrons. The summed E-state index contributed by atoms with van der Waals surface area (Å²) < 4.78 is 14.4. The van der Waals surface area contributed by atoms with Crippen LogP contribution < -0.4 is 9.64 Å². The number of anilines is 1. The second kappa shape index (κ2) is 7.25. The lowest BCUT2D eigenvalue weighted by Gasteiger charge is -2.23. The van der Waals surface area contributed by atoms with E-state index in [0.29, 0.717) is 11.4 Å². The summed E-state index contributed by atoms with van der Waals surface area (Å²) >= 11 is 0. The number of hydrogen-bond donors (Lipinski definition) is 0. The Bertz CT molecular complexity index is 428. The standard InChI is InChI=1S/C13H17NO5/c1-17-11-7-5-4-6-10(11)14(8-12(15)18-2)9-13(16)19-3/h4-7H,8-9H2,1-3H3. The van der Waals surface area contributed by atoms with Gasteiger partial charge in [0.15, 0.2) is 0 Å². The molecule has 1 aromatic carbocycles. The van der Waals surface area contributed by atoms with Crippen molar-refractivity contribution in [3.05, 3.63) is 24.3 Å². The van der Waals surface area contributed by atoms with E-state index in [-0.39, 0.29) is 13.1 Å². The first kappa shape index (κ1) is 14.8. The number of hydrogen-bond acceptors (Lipinski definition) is 6. The zero-order chi connectivity index (χ0) is 14.3. The van der Waals surface area contributed by atoms with Crippen molar-refractivity contribution in [1.82, 2.24) is 0 Å². The second-order valence-electron chi connectivity index (χ2n) is 3.68. The summed E-state index contributed by atoms with van der Waals surface area (Å²) in [5, 5.41) is 0. The highest BCUT2D eigenvalue weighted by molar-refractivity contribution is 5.82. The number of carbonyl (C=O) groups is 2. The molecule has 1 aromatic rings. The van der Waals surface area contributed by atoms with Crippen LogP contribution in [-0.4, -0.2) is 46.4 Å². The Labute approximate surface area is 111 Å². The number of para-hydroxylation sites is 2. The molecule has 0 amide bonds. The van der Waals surface area contributed by atoms with E-state index in [9.17, 15) is 9.59 Å². The molecule has 0 aliphatic heterocycles. The zero-order valence-corrected chi connectivity index (χ0v) is 11.2. The molecule has 6 heteroatoms. The average Bonchev–Trinajstić information content (AvgIpc) is 2.46. The molecule has 0 spiro atoms. The van der Waals surface area contributed by atoms with Crippen LogP contribution in [0.25, 0.3) is 0 Å². The lowest BCUT2D eigenvalue weighted by Crippen LogP contribution is -2.35. The first-order valence-electron chi connectivity index (χ1n) is 5.64. The Morgan fingerprint density at radius 1 is 1.00 bits per heavy atom. The smallest absolute Gasteiger partial charge is 0.325 e. The molecule has 0 saturated heterocycles. The molecule has 0 fully saturated rings. The first-order valence-corrected chi connectivity index (χ1v) is 5.64. The van der Waals surface area contributed by atoms with Gasteiger partial charge in [0, 0.05) is 0 Å². The molecule has 6 nitrogen and oxygen atoms in total. The molecule has 0 atom stereocenters. The minimum Gasteiger partial charge on any atom is -0.495 e. The predicted octanol–water partition coefficient (Wildman–Crippen LogP) is 0.848. The monoisotopic (exact) mass is 267 g/mol. The third-order valence-electron chi connectivity index (χ3n) is 2.52. The SMILES string of the molecule is COC(=O)CN(CC(=O)OC)c1ccccc1OC. The molecule has 0 unspecified atom stereocenters. The van der Waals surface area contributed by atoms with Crippen molar-refractivity contribution in [1.29, 1.82) is 0 Å². The van der Waals surface area contributed by atoms with E-state index in [1.54, 1.807) is 24.3 Å². The summed E-state index contributed by atoms with van der Waals surface area (Å²) in [6, 6.07) is 7.10. The van der Waals surface area contributed by atoms with Gasteiger partial charge in [-0.15, -0.1) is 0 Å². The highest BCUT2D eigenvalue weighted by Gasteiger charge is 2.18. The van der Waals surface area contributed by atoms with Gasteiger partial charge in [0.2, 0.25) is 0 Å². The van der Waals surface area contributed by atoms with E-state index >= 15 is 0 Å². The number of methoxy groups -OCH3 is 3. The van der Waals surface area contributed by atoms with Crippen LogP contribution in [0.2, 0.25) is 0 Å². The van der Waals surface area contributed by atoms with Crippen LogP contribution in [0.3, 0.4) is 0 Å². The Balaban J connectivity index is 3.00. The number of nitrogens with zero attached hydrogens (tertiary/aromatic N) is 1. The van der Waals surface area contributed by atoms with Crippen molar-refractivity contribution in [2.45, 2.75) is 0 Å². The Kier molecular flexibility index (Phi) is 5.66. The fraction of sp³-hybridized carbons (Fsp3) is 0.385. The van der Waals surface area contributed by atoms with Crippen LogP contribution in [0.5, 0.6) is 5.75 Å². The summed E-state index contributed by atoms with van der Waals surface area (Å²) in [7, 11) is 4.11. The maximum absolute atomic E-state index is 11.4. The number of rotatable bonds is 6. The zero-order valence-electron chi connectivity index (χ0n) is 11.2. The molecule has 19 heavy (non-hydrogen) atoms. The summed E-state index contributed by atoms with van der Waals surface area (Å²) in [4.78, 5) is 24.4. The molecule has 0 bridgehead atoms. The van der Waals surface area contributed by atoms with E-state index < -0.39 is 11.9 Å². The molecule has 0 heterocycles. The van der Waals surface area contributed by atoms with E-state index in [4.69, 9.17) is 4.74 Å². The number of ether oxygens (including phenoxy) is 3. The van der Waals surface area contributed by atoms with E-state index in [2.05, 4.69) is 9.47 Å². The highest BCUT2D eigenvalue weighted by atomic mass is 16.5. The van der Waals surface area contributed by atoms with Gasteiger partial charge >= 0.3 is 11.9 Å². The highest BCUT2D eigenvalue weighted by Crippen LogP contribution is 2.27. The molecule has 0 aromatic heterocycles. The van der Waals surface area contributed by atoms with Crippen molar-refractivity contribution in [2.24, 2.45) is 0 Å². The fourth-order valence-electron chi connectivity index (χ4n) is 1.56. The van der Waals surface area contributed by atoms with Gasteiger partial charge in [-0.05, 0) is 12.1 Å².